The summed E-state index contributed by atoms with van der Waals surface area (Å²) in [5.41, 5.74) is 1.86. The van der Waals surface area contributed by atoms with E-state index >= 15 is 0 Å². The van der Waals surface area contributed by atoms with Crippen LogP contribution in [0.1, 0.15) is 53.9 Å². The lowest BCUT2D eigenvalue weighted by Gasteiger charge is -2.36. The molecule has 5 heteroatoms. The molecule has 1 aliphatic heterocycles. The highest BCUT2D eigenvalue weighted by atomic mass is 35.5. The predicted molar refractivity (Wildman–Crippen MR) is 120 cm³/mol. The Balaban J connectivity index is 1.23. The zero-order chi connectivity index (χ0) is 20.9. The van der Waals surface area contributed by atoms with Gasteiger partial charge >= 0.3 is 0 Å². The molecule has 1 N–H and O–H groups in total. The first kappa shape index (κ1) is 21.1. The standard InChI is InChI=1S/C25H29ClN2O2/c26-23-9-5-4-8-22(23)25(30)27-17-24(29)20-10-11-21(16-20)28-14-12-19(13-15-28)18-6-2-1-3-7-18/h1-9,19-21H,10-17H2,(H,27,30). The fourth-order valence-electron chi connectivity index (χ4n) is 4.96. The van der Waals surface area contributed by atoms with Crippen molar-refractivity contribution in [2.75, 3.05) is 19.6 Å². The van der Waals surface area contributed by atoms with E-state index in [9.17, 15) is 9.59 Å². The number of hydrogen-bond donors (Lipinski definition) is 1. The summed E-state index contributed by atoms with van der Waals surface area (Å²) in [4.78, 5) is 27.5. The van der Waals surface area contributed by atoms with E-state index in [4.69, 9.17) is 11.6 Å². The Labute approximate surface area is 183 Å². The number of Topliss-reactive ketones (excluding diaryl/α,β-unsaturated/α-hetero) is 1. The molecule has 30 heavy (non-hydrogen) atoms. The van der Waals surface area contributed by atoms with Crippen molar-refractivity contribution in [1.29, 1.82) is 0 Å². The van der Waals surface area contributed by atoms with Crippen LogP contribution in [0, 0.1) is 5.92 Å². The van der Waals surface area contributed by atoms with E-state index in [1.54, 1.807) is 24.3 Å². The number of carbonyl (C=O) groups is 2. The van der Waals surface area contributed by atoms with Crippen molar-refractivity contribution in [3.05, 3.63) is 70.7 Å². The molecule has 0 spiro atoms. The maximum Gasteiger partial charge on any atom is 0.253 e. The highest BCUT2D eigenvalue weighted by Gasteiger charge is 2.34. The van der Waals surface area contributed by atoms with Gasteiger partial charge in [0.15, 0.2) is 5.78 Å². The number of nitrogens with one attached hydrogen (secondary N) is 1. The molecule has 2 fully saturated rings. The van der Waals surface area contributed by atoms with Gasteiger partial charge in [0.25, 0.3) is 5.91 Å². The Bertz CT molecular complexity index is 878. The summed E-state index contributed by atoms with van der Waals surface area (Å²) in [6.45, 7) is 2.29. The fraction of sp³-hybridized carbons (Fsp3) is 0.440. The second-order valence-corrected chi connectivity index (χ2v) is 8.92. The minimum absolute atomic E-state index is 0.0494. The van der Waals surface area contributed by atoms with Crippen LogP contribution in [0.15, 0.2) is 54.6 Å². The summed E-state index contributed by atoms with van der Waals surface area (Å²) in [6, 6.07) is 18.2. The minimum atomic E-state index is -0.286. The van der Waals surface area contributed by atoms with Crippen molar-refractivity contribution < 1.29 is 9.59 Å². The molecule has 2 atom stereocenters. The molecule has 1 heterocycles. The van der Waals surface area contributed by atoms with E-state index in [-0.39, 0.29) is 24.2 Å². The first-order valence-corrected chi connectivity index (χ1v) is 11.3. The number of benzene rings is 2. The second kappa shape index (κ2) is 9.76. The summed E-state index contributed by atoms with van der Waals surface area (Å²) in [6.07, 6.45) is 5.28. The Morgan fingerprint density at radius 3 is 2.37 bits per heavy atom. The van der Waals surface area contributed by atoms with Crippen LogP contribution in [0.25, 0.3) is 0 Å². The number of hydrogen-bond acceptors (Lipinski definition) is 3. The highest BCUT2D eigenvalue weighted by Crippen LogP contribution is 2.35. The molecular formula is C25H29ClN2O2. The molecule has 2 aromatic rings. The normalized spacial score (nSPS) is 22.7. The van der Waals surface area contributed by atoms with Gasteiger partial charge in [0.1, 0.15) is 0 Å². The Morgan fingerprint density at radius 2 is 1.63 bits per heavy atom. The summed E-state index contributed by atoms with van der Waals surface area (Å²) in [5, 5.41) is 3.15. The van der Waals surface area contributed by atoms with E-state index in [1.807, 2.05) is 0 Å². The molecule has 0 bridgehead atoms. The maximum atomic E-state index is 12.7. The van der Waals surface area contributed by atoms with E-state index in [2.05, 4.69) is 40.5 Å². The maximum absolute atomic E-state index is 12.7. The van der Waals surface area contributed by atoms with Gasteiger partial charge in [-0.25, -0.2) is 0 Å². The number of rotatable bonds is 6. The lowest BCUT2D eigenvalue weighted by molar-refractivity contribution is -0.121. The van der Waals surface area contributed by atoms with Gasteiger partial charge in [-0.2, -0.15) is 0 Å². The predicted octanol–water partition coefficient (Wildman–Crippen LogP) is 4.69. The van der Waals surface area contributed by atoms with Gasteiger partial charge in [-0.3, -0.25) is 9.59 Å². The summed E-state index contributed by atoms with van der Waals surface area (Å²) < 4.78 is 0. The summed E-state index contributed by atoms with van der Waals surface area (Å²) in [7, 11) is 0. The number of ketones is 1. The molecule has 1 saturated heterocycles. The largest absolute Gasteiger partial charge is 0.345 e. The summed E-state index contributed by atoms with van der Waals surface area (Å²) >= 11 is 6.06. The molecule has 1 saturated carbocycles. The minimum Gasteiger partial charge on any atom is -0.345 e. The lowest BCUT2D eigenvalue weighted by Crippen LogP contribution is -2.40. The quantitative estimate of drug-likeness (QED) is 0.731. The molecule has 2 aromatic carbocycles. The third kappa shape index (κ3) is 4.93. The molecule has 0 aromatic heterocycles. The van der Waals surface area contributed by atoms with Crippen LogP contribution in [0.4, 0.5) is 0 Å². The number of likely N-dealkylation sites (tertiary alicyclic amines) is 1. The van der Waals surface area contributed by atoms with Crippen molar-refractivity contribution >= 4 is 23.3 Å². The topological polar surface area (TPSA) is 49.4 Å². The smallest absolute Gasteiger partial charge is 0.253 e. The molecular weight excluding hydrogens is 396 g/mol. The van der Waals surface area contributed by atoms with E-state index in [0.29, 0.717) is 22.5 Å². The molecule has 4 rings (SSSR count). The Hall–Kier alpha value is -2.17. The fourth-order valence-corrected chi connectivity index (χ4v) is 5.18. The molecule has 158 valence electrons. The number of halogens is 1. The van der Waals surface area contributed by atoms with Crippen LogP contribution >= 0.6 is 11.6 Å². The van der Waals surface area contributed by atoms with E-state index in [0.717, 1.165) is 32.4 Å². The van der Waals surface area contributed by atoms with Gasteiger partial charge in [-0.1, -0.05) is 54.1 Å². The SMILES string of the molecule is O=C(NCC(=O)C1CCC(N2CCC(c3ccccc3)CC2)C1)c1ccccc1Cl. The van der Waals surface area contributed by atoms with Gasteiger partial charge in [-0.05, 0) is 68.8 Å². The average molecular weight is 425 g/mol. The Morgan fingerprint density at radius 1 is 0.933 bits per heavy atom. The molecule has 2 unspecified atom stereocenters. The van der Waals surface area contributed by atoms with Gasteiger partial charge in [0.05, 0.1) is 17.1 Å². The Kier molecular flexibility index (Phi) is 6.86. The number of carbonyl (C=O) groups excluding carboxylic acids is 2. The van der Waals surface area contributed by atoms with Gasteiger partial charge in [0, 0.05) is 12.0 Å². The van der Waals surface area contributed by atoms with Crippen LogP contribution in [0.5, 0.6) is 0 Å². The second-order valence-electron chi connectivity index (χ2n) is 8.51. The first-order chi connectivity index (χ1) is 14.6. The van der Waals surface area contributed by atoms with Gasteiger partial charge in [-0.15, -0.1) is 0 Å². The number of nitrogens with zero attached hydrogens (tertiary/aromatic N) is 1. The van der Waals surface area contributed by atoms with Crippen molar-refractivity contribution in [3.8, 4) is 0 Å². The zero-order valence-corrected chi connectivity index (χ0v) is 18.0. The highest BCUT2D eigenvalue weighted by molar-refractivity contribution is 6.33. The number of amides is 1. The first-order valence-electron chi connectivity index (χ1n) is 11.0. The van der Waals surface area contributed by atoms with Crippen LogP contribution in [0.3, 0.4) is 0 Å². The van der Waals surface area contributed by atoms with E-state index in [1.165, 1.54) is 18.4 Å². The van der Waals surface area contributed by atoms with E-state index < -0.39 is 0 Å². The molecule has 1 aliphatic carbocycles. The molecule has 2 aliphatic rings. The van der Waals surface area contributed by atoms with Gasteiger partial charge in [0.2, 0.25) is 0 Å². The third-order valence-corrected chi connectivity index (χ3v) is 7.05. The number of piperidine rings is 1. The lowest BCUT2D eigenvalue weighted by atomic mass is 9.88. The van der Waals surface area contributed by atoms with Crippen LogP contribution in [0.2, 0.25) is 5.02 Å². The summed E-state index contributed by atoms with van der Waals surface area (Å²) in [5.74, 6) is 0.554. The van der Waals surface area contributed by atoms with Crippen LogP contribution in [-0.4, -0.2) is 42.3 Å². The molecule has 0 radical (unpaired) electrons. The van der Waals surface area contributed by atoms with Crippen LogP contribution < -0.4 is 5.32 Å². The van der Waals surface area contributed by atoms with Crippen molar-refractivity contribution in [1.82, 2.24) is 10.2 Å². The van der Waals surface area contributed by atoms with Crippen molar-refractivity contribution in [2.24, 2.45) is 5.92 Å². The van der Waals surface area contributed by atoms with Crippen LogP contribution in [-0.2, 0) is 4.79 Å². The monoisotopic (exact) mass is 424 g/mol. The van der Waals surface area contributed by atoms with Crippen molar-refractivity contribution in [2.45, 2.75) is 44.1 Å². The molecule has 4 nitrogen and oxygen atoms in total. The average Bonchev–Trinajstić information content (AvgIpc) is 3.29. The zero-order valence-electron chi connectivity index (χ0n) is 17.2. The van der Waals surface area contributed by atoms with Gasteiger partial charge < -0.3 is 10.2 Å². The van der Waals surface area contributed by atoms with Crippen molar-refractivity contribution in [3.63, 3.8) is 0 Å². The third-order valence-electron chi connectivity index (χ3n) is 6.72. The molecule has 1 amide bonds.